The zero-order valence-corrected chi connectivity index (χ0v) is 14.0. The molecule has 2 aliphatic heterocycles. The summed E-state index contributed by atoms with van der Waals surface area (Å²) in [5, 5.41) is 0.633. The minimum Gasteiger partial charge on any atom is -0.352 e. The number of carbonyl (C=O) groups excluding carboxylic acids is 2. The Balaban J connectivity index is 1.58. The molecule has 7 heteroatoms. The molecule has 0 radical (unpaired) electrons. The number of rotatable bonds is 2. The Kier molecular flexibility index (Phi) is 4.71. The molecule has 3 heterocycles. The molecule has 2 aliphatic rings. The number of hydrogen-bond donors (Lipinski definition) is 0. The van der Waals surface area contributed by atoms with Crippen molar-refractivity contribution in [3.63, 3.8) is 0 Å². The Morgan fingerprint density at radius 3 is 2.65 bits per heavy atom. The van der Waals surface area contributed by atoms with Crippen LogP contribution in [0.15, 0.2) is 18.3 Å². The number of amides is 2. The molecule has 0 bridgehead atoms. The average molecular weight is 337 g/mol. The SMILES string of the molecule is CN1CC[C@@H](C(=O)N2CCN(c3ncccc3Cl)CC2)CC1=O. The molecule has 23 heavy (non-hydrogen) atoms. The fraction of sp³-hybridized carbons (Fsp3) is 0.562. The van der Waals surface area contributed by atoms with Gasteiger partial charge in [-0.25, -0.2) is 4.98 Å². The third kappa shape index (κ3) is 3.42. The first kappa shape index (κ1) is 16.1. The molecule has 1 aromatic rings. The average Bonchev–Trinajstić information content (AvgIpc) is 2.57. The van der Waals surface area contributed by atoms with E-state index in [9.17, 15) is 9.59 Å². The molecule has 0 spiro atoms. The lowest BCUT2D eigenvalue weighted by Gasteiger charge is -2.38. The van der Waals surface area contributed by atoms with Gasteiger partial charge in [-0.2, -0.15) is 0 Å². The molecule has 0 saturated carbocycles. The van der Waals surface area contributed by atoms with Gasteiger partial charge in [-0.3, -0.25) is 9.59 Å². The molecule has 2 fully saturated rings. The summed E-state index contributed by atoms with van der Waals surface area (Å²) in [5.74, 6) is 0.783. The van der Waals surface area contributed by atoms with Gasteiger partial charge in [0, 0.05) is 58.3 Å². The van der Waals surface area contributed by atoms with Gasteiger partial charge in [0.05, 0.1) is 5.02 Å². The Hall–Kier alpha value is -1.82. The summed E-state index contributed by atoms with van der Waals surface area (Å²) in [7, 11) is 1.79. The third-order valence-electron chi connectivity index (χ3n) is 4.64. The van der Waals surface area contributed by atoms with Crippen LogP contribution in [-0.4, -0.2) is 66.4 Å². The van der Waals surface area contributed by atoms with E-state index in [1.54, 1.807) is 18.1 Å². The number of piperazine rings is 1. The number of carbonyl (C=O) groups is 2. The zero-order chi connectivity index (χ0) is 16.4. The molecule has 0 unspecified atom stereocenters. The second-order valence-electron chi connectivity index (χ2n) is 6.13. The topological polar surface area (TPSA) is 56.8 Å². The number of halogens is 1. The highest BCUT2D eigenvalue weighted by Crippen LogP contribution is 2.25. The predicted octanol–water partition coefficient (Wildman–Crippen LogP) is 1.25. The summed E-state index contributed by atoms with van der Waals surface area (Å²) in [4.78, 5) is 34.4. The minimum atomic E-state index is -0.163. The van der Waals surface area contributed by atoms with Gasteiger partial charge >= 0.3 is 0 Å². The van der Waals surface area contributed by atoms with Crippen molar-refractivity contribution >= 4 is 29.2 Å². The lowest BCUT2D eigenvalue weighted by atomic mass is 9.94. The molecule has 0 N–H and O–H groups in total. The molecule has 1 atom stereocenters. The molecular formula is C16H21ClN4O2. The first-order chi connectivity index (χ1) is 11.1. The number of anilines is 1. The summed E-state index contributed by atoms with van der Waals surface area (Å²) in [6, 6.07) is 3.63. The van der Waals surface area contributed by atoms with Crippen LogP contribution in [0, 0.1) is 5.92 Å². The Morgan fingerprint density at radius 1 is 1.26 bits per heavy atom. The second kappa shape index (κ2) is 6.74. The van der Waals surface area contributed by atoms with Crippen molar-refractivity contribution in [2.24, 2.45) is 5.92 Å². The molecule has 124 valence electrons. The number of likely N-dealkylation sites (tertiary alicyclic amines) is 1. The van der Waals surface area contributed by atoms with Gasteiger partial charge in [-0.15, -0.1) is 0 Å². The lowest BCUT2D eigenvalue weighted by molar-refractivity contribution is -0.144. The maximum Gasteiger partial charge on any atom is 0.226 e. The van der Waals surface area contributed by atoms with Crippen molar-refractivity contribution < 1.29 is 9.59 Å². The van der Waals surface area contributed by atoms with Crippen LogP contribution in [0.25, 0.3) is 0 Å². The monoisotopic (exact) mass is 336 g/mol. The van der Waals surface area contributed by atoms with E-state index < -0.39 is 0 Å². The van der Waals surface area contributed by atoms with Crippen LogP contribution in [-0.2, 0) is 9.59 Å². The van der Waals surface area contributed by atoms with E-state index in [2.05, 4.69) is 9.88 Å². The molecule has 3 rings (SSSR count). The van der Waals surface area contributed by atoms with E-state index in [1.807, 2.05) is 17.0 Å². The molecule has 0 aliphatic carbocycles. The van der Waals surface area contributed by atoms with Gasteiger partial charge in [-0.1, -0.05) is 11.6 Å². The maximum atomic E-state index is 12.6. The van der Waals surface area contributed by atoms with Gasteiger partial charge in [0.25, 0.3) is 0 Å². The van der Waals surface area contributed by atoms with E-state index in [-0.39, 0.29) is 17.7 Å². The van der Waals surface area contributed by atoms with E-state index in [4.69, 9.17) is 11.6 Å². The summed E-state index contributed by atoms with van der Waals surface area (Å²) in [6.45, 7) is 3.38. The summed E-state index contributed by atoms with van der Waals surface area (Å²) >= 11 is 6.18. The highest BCUT2D eigenvalue weighted by molar-refractivity contribution is 6.32. The second-order valence-corrected chi connectivity index (χ2v) is 6.53. The normalized spacial score (nSPS) is 22.4. The van der Waals surface area contributed by atoms with Gasteiger partial charge < -0.3 is 14.7 Å². The fourth-order valence-corrected chi connectivity index (χ4v) is 3.40. The maximum absolute atomic E-state index is 12.6. The summed E-state index contributed by atoms with van der Waals surface area (Å²) in [6.07, 6.45) is 2.82. The van der Waals surface area contributed by atoms with Gasteiger partial charge in [-0.05, 0) is 18.6 Å². The van der Waals surface area contributed by atoms with Crippen LogP contribution in [0.1, 0.15) is 12.8 Å². The van der Waals surface area contributed by atoms with Crippen LogP contribution in [0.5, 0.6) is 0 Å². The van der Waals surface area contributed by atoms with Gasteiger partial charge in [0.15, 0.2) is 0 Å². The first-order valence-corrected chi connectivity index (χ1v) is 8.32. The molecule has 2 saturated heterocycles. The van der Waals surface area contributed by atoms with E-state index >= 15 is 0 Å². The number of aromatic nitrogens is 1. The van der Waals surface area contributed by atoms with Gasteiger partial charge in [0.1, 0.15) is 5.82 Å². The third-order valence-corrected chi connectivity index (χ3v) is 4.93. The van der Waals surface area contributed by atoms with Crippen molar-refractivity contribution in [2.75, 3.05) is 44.7 Å². The Morgan fingerprint density at radius 2 is 2.00 bits per heavy atom. The Labute approximate surface area is 141 Å². The van der Waals surface area contributed by atoms with E-state index in [0.717, 1.165) is 12.2 Å². The van der Waals surface area contributed by atoms with Gasteiger partial charge in [0.2, 0.25) is 11.8 Å². The fourth-order valence-electron chi connectivity index (χ4n) is 3.16. The highest BCUT2D eigenvalue weighted by Gasteiger charge is 2.33. The highest BCUT2D eigenvalue weighted by atomic mass is 35.5. The van der Waals surface area contributed by atoms with Crippen LogP contribution in [0.2, 0.25) is 5.02 Å². The standard InChI is InChI=1S/C16H21ClN4O2/c1-19-6-4-12(11-14(19)22)16(23)21-9-7-20(8-10-21)15-13(17)3-2-5-18-15/h2-3,5,12H,4,6-11H2,1H3/t12-/m1/s1. The molecule has 6 nitrogen and oxygen atoms in total. The Bertz CT molecular complexity index is 601. The lowest BCUT2D eigenvalue weighted by Crippen LogP contribution is -2.52. The number of pyridine rings is 1. The zero-order valence-electron chi connectivity index (χ0n) is 13.2. The van der Waals surface area contributed by atoms with Crippen molar-refractivity contribution in [3.05, 3.63) is 23.4 Å². The molecule has 0 aromatic carbocycles. The predicted molar refractivity (Wildman–Crippen MR) is 88.4 cm³/mol. The van der Waals surface area contributed by atoms with E-state index in [1.165, 1.54) is 0 Å². The molecule has 1 aromatic heterocycles. The van der Waals surface area contributed by atoms with Crippen LogP contribution >= 0.6 is 11.6 Å². The molecular weight excluding hydrogens is 316 g/mol. The number of piperidine rings is 1. The largest absolute Gasteiger partial charge is 0.352 e. The van der Waals surface area contributed by atoms with Crippen LogP contribution in [0.3, 0.4) is 0 Å². The van der Waals surface area contributed by atoms with Crippen molar-refractivity contribution in [3.8, 4) is 0 Å². The van der Waals surface area contributed by atoms with Crippen molar-refractivity contribution in [1.29, 1.82) is 0 Å². The van der Waals surface area contributed by atoms with Crippen LogP contribution in [0.4, 0.5) is 5.82 Å². The van der Waals surface area contributed by atoms with Crippen LogP contribution < -0.4 is 4.90 Å². The summed E-state index contributed by atoms with van der Waals surface area (Å²) < 4.78 is 0. The number of hydrogen-bond acceptors (Lipinski definition) is 4. The quantitative estimate of drug-likeness (QED) is 0.815. The van der Waals surface area contributed by atoms with Crippen molar-refractivity contribution in [1.82, 2.24) is 14.8 Å². The molecule has 2 amide bonds. The summed E-state index contributed by atoms with van der Waals surface area (Å²) in [5.41, 5.74) is 0. The van der Waals surface area contributed by atoms with E-state index in [0.29, 0.717) is 44.2 Å². The first-order valence-electron chi connectivity index (χ1n) is 7.94. The van der Waals surface area contributed by atoms with Crippen molar-refractivity contribution in [2.45, 2.75) is 12.8 Å². The minimum absolute atomic E-state index is 0.0634. The smallest absolute Gasteiger partial charge is 0.226 e. The number of nitrogens with zero attached hydrogens (tertiary/aromatic N) is 4.